The lowest BCUT2D eigenvalue weighted by molar-refractivity contribution is -0.138. The van der Waals surface area contributed by atoms with E-state index in [-0.39, 0.29) is 12.2 Å². The van der Waals surface area contributed by atoms with Crippen molar-refractivity contribution in [3.63, 3.8) is 0 Å². The van der Waals surface area contributed by atoms with E-state index in [0.29, 0.717) is 6.20 Å². The van der Waals surface area contributed by atoms with Gasteiger partial charge in [0.15, 0.2) is 11.6 Å². The van der Waals surface area contributed by atoms with Crippen LogP contribution in [0, 0.1) is 17.6 Å². The smallest absolute Gasteiger partial charge is 0.355 e. The zero-order valence-electron chi connectivity index (χ0n) is 13.5. The second-order valence-electron chi connectivity index (χ2n) is 5.89. The molecule has 10 heteroatoms. The zero-order chi connectivity index (χ0) is 19.8. The number of alkyl halides is 3. The second-order valence-corrected chi connectivity index (χ2v) is 5.89. The van der Waals surface area contributed by atoms with Gasteiger partial charge >= 0.3 is 6.18 Å². The molecule has 2 N–H and O–H groups in total. The Morgan fingerprint density at radius 3 is 2.56 bits per heavy atom. The molecule has 0 saturated carbocycles. The Morgan fingerprint density at radius 1 is 1.19 bits per heavy atom. The van der Waals surface area contributed by atoms with Gasteiger partial charge in [0.25, 0.3) is 0 Å². The van der Waals surface area contributed by atoms with Crippen LogP contribution in [0.4, 0.5) is 27.6 Å². The first-order chi connectivity index (χ1) is 12.7. The molecular formula is C17H12F5N3O2. The first-order valence-corrected chi connectivity index (χ1v) is 7.74. The molecule has 1 fully saturated rings. The number of carbonyl (C=O) groups excluding carboxylic acids is 2. The molecule has 142 valence electrons. The molecule has 1 aromatic carbocycles. The summed E-state index contributed by atoms with van der Waals surface area (Å²) < 4.78 is 64.9. The maximum absolute atomic E-state index is 13.7. The summed E-state index contributed by atoms with van der Waals surface area (Å²) in [7, 11) is 0. The molecule has 2 atom stereocenters. The number of pyridine rings is 1. The summed E-state index contributed by atoms with van der Waals surface area (Å²) in [5.74, 6) is -6.26. The topological polar surface area (TPSA) is 71.1 Å². The number of nitrogens with one attached hydrogen (secondary N) is 2. The van der Waals surface area contributed by atoms with E-state index in [1.165, 1.54) is 6.07 Å². The van der Waals surface area contributed by atoms with Crippen molar-refractivity contribution in [2.45, 2.75) is 12.1 Å². The molecule has 1 aromatic heterocycles. The Morgan fingerprint density at radius 2 is 1.93 bits per heavy atom. The summed E-state index contributed by atoms with van der Waals surface area (Å²) >= 11 is 0. The summed E-state index contributed by atoms with van der Waals surface area (Å²) in [6, 6.07) is 5.04. The standard InChI is InChI=1S/C17H12F5N3O2/c18-10-2-1-3-12(14(10)19)25-16(27)13-9(7-24-15(13)26)11-5-4-8(6-23-11)17(20,21)22/h1-6,9,13H,7H2,(H,24,26)(H,25,27)/t9?,13-/m1/s1. The molecule has 5 nitrogen and oxygen atoms in total. The third kappa shape index (κ3) is 3.74. The van der Waals surface area contributed by atoms with Gasteiger partial charge in [-0.3, -0.25) is 14.6 Å². The molecular weight excluding hydrogens is 373 g/mol. The minimum atomic E-state index is -4.57. The highest BCUT2D eigenvalue weighted by molar-refractivity contribution is 6.08. The van der Waals surface area contributed by atoms with Gasteiger partial charge in [0.1, 0.15) is 5.92 Å². The Balaban J connectivity index is 1.84. The molecule has 2 aromatic rings. The van der Waals surface area contributed by atoms with Crippen LogP contribution >= 0.6 is 0 Å². The van der Waals surface area contributed by atoms with Crippen molar-refractivity contribution in [2.24, 2.45) is 5.92 Å². The third-order valence-electron chi connectivity index (χ3n) is 4.17. The van der Waals surface area contributed by atoms with Gasteiger partial charge in [-0.25, -0.2) is 8.78 Å². The van der Waals surface area contributed by atoms with Crippen LogP contribution in [0.2, 0.25) is 0 Å². The van der Waals surface area contributed by atoms with Crippen molar-refractivity contribution in [3.8, 4) is 0 Å². The fourth-order valence-corrected chi connectivity index (χ4v) is 2.80. The Labute approximate surface area is 149 Å². The van der Waals surface area contributed by atoms with Crippen molar-refractivity contribution in [3.05, 3.63) is 59.4 Å². The fraction of sp³-hybridized carbons (Fsp3) is 0.235. The Hall–Kier alpha value is -3.04. The highest BCUT2D eigenvalue weighted by Gasteiger charge is 2.42. The van der Waals surface area contributed by atoms with E-state index in [9.17, 15) is 31.5 Å². The first kappa shape index (κ1) is 18.7. The molecule has 0 spiro atoms. The lowest BCUT2D eigenvalue weighted by atomic mass is 9.91. The average Bonchev–Trinajstić information content (AvgIpc) is 3.00. The largest absolute Gasteiger partial charge is 0.417 e. The fourth-order valence-electron chi connectivity index (χ4n) is 2.80. The molecule has 1 aliphatic rings. The molecule has 0 bridgehead atoms. The van der Waals surface area contributed by atoms with Gasteiger partial charge in [0.2, 0.25) is 11.8 Å². The highest BCUT2D eigenvalue weighted by Crippen LogP contribution is 2.32. The summed E-state index contributed by atoms with van der Waals surface area (Å²) in [5.41, 5.74) is -1.31. The van der Waals surface area contributed by atoms with Gasteiger partial charge in [0, 0.05) is 24.4 Å². The maximum atomic E-state index is 13.7. The van der Waals surface area contributed by atoms with Crippen LogP contribution in [0.1, 0.15) is 17.2 Å². The average molecular weight is 385 g/mol. The highest BCUT2D eigenvalue weighted by atomic mass is 19.4. The van der Waals surface area contributed by atoms with Gasteiger partial charge < -0.3 is 10.6 Å². The molecule has 0 aliphatic carbocycles. The molecule has 0 radical (unpaired) electrons. The number of hydrogen-bond donors (Lipinski definition) is 2. The first-order valence-electron chi connectivity index (χ1n) is 7.74. The van der Waals surface area contributed by atoms with Crippen molar-refractivity contribution < 1.29 is 31.5 Å². The molecule has 2 amide bonds. The van der Waals surface area contributed by atoms with E-state index in [4.69, 9.17) is 0 Å². The molecule has 1 saturated heterocycles. The molecule has 1 unspecified atom stereocenters. The lowest BCUT2D eigenvalue weighted by Gasteiger charge is -2.17. The van der Waals surface area contributed by atoms with Crippen LogP contribution in [0.15, 0.2) is 36.5 Å². The predicted molar refractivity (Wildman–Crippen MR) is 83.5 cm³/mol. The summed E-state index contributed by atoms with van der Waals surface area (Å²) in [4.78, 5) is 28.2. The van der Waals surface area contributed by atoms with Gasteiger partial charge in [-0.05, 0) is 24.3 Å². The van der Waals surface area contributed by atoms with Gasteiger partial charge in [-0.2, -0.15) is 13.2 Å². The number of rotatable bonds is 3. The normalized spacial score (nSPS) is 19.7. The van der Waals surface area contributed by atoms with Crippen molar-refractivity contribution in [1.82, 2.24) is 10.3 Å². The number of hydrogen-bond acceptors (Lipinski definition) is 3. The van der Waals surface area contributed by atoms with Crippen molar-refractivity contribution in [2.75, 3.05) is 11.9 Å². The molecule has 3 rings (SSSR count). The zero-order valence-corrected chi connectivity index (χ0v) is 13.5. The van der Waals surface area contributed by atoms with Crippen LogP contribution in [0.3, 0.4) is 0 Å². The minimum Gasteiger partial charge on any atom is -0.355 e. The van der Waals surface area contributed by atoms with E-state index in [1.54, 1.807) is 0 Å². The van der Waals surface area contributed by atoms with E-state index in [1.807, 2.05) is 0 Å². The number of benzene rings is 1. The number of amides is 2. The Bertz CT molecular complexity index is 883. The maximum Gasteiger partial charge on any atom is 0.417 e. The van der Waals surface area contributed by atoms with Gasteiger partial charge in [-0.15, -0.1) is 0 Å². The lowest BCUT2D eigenvalue weighted by Crippen LogP contribution is -2.32. The molecule has 1 aliphatic heterocycles. The van der Waals surface area contributed by atoms with E-state index < -0.39 is 52.7 Å². The molecule has 27 heavy (non-hydrogen) atoms. The predicted octanol–water partition coefficient (Wildman–Crippen LogP) is 2.85. The number of nitrogens with zero attached hydrogens (tertiary/aromatic N) is 1. The van der Waals surface area contributed by atoms with Crippen LogP contribution in [-0.4, -0.2) is 23.3 Å². The monoisotopic (exact) mass is 385 g/mol. The van der Waals surface area contributed by atoms with Gasteiger partial charge in [-0.1, -0.05) is 6.07 Å². The van der Waals surface area contributed by atoms with Crippen molar-refractivity contribution in [1.29, 1.82) is 0 Å². The van der Waals surface area contributed by atoms with E-state index in [0.717, 1.165) is 24.3 Å². The quantitative estimate of drug-likeness (QED) is 0.631. The van der Waals surface area contributed by atoms with E-state index >= 15 is 0 Å². The van der Waals surface area contributed by atoms with Crippen LogP contribution in [0.25, 0.3) is 0 Å². The summed E-state index contributed by atoms with van der Waals surface area (Å²) in [6.45, 7) is -0.0269. The van der Waals surface area contributed by atoms with Gasteiger partial charge in [0.05, 0.1) is 11.3 Å². The number of halogens is 5. The minimum absolute atomic E-state index is 0.0269. The summed E-state index contributed by atoms with van der Waals surface area (Å²) in [5, 5.41) is 4.56. The van der Waals surface area contributed by atoms with Crippen molar-refractivity contribution >= 4 is 17.5 Å². The number of carbonyl (C=O) groups is 2. The summed E-state index contributed by atoms with van der Waals surface area (Å²) in [6.07, 6.45) is -3.96. The van der Waals surface area contributed by atoms with Crippen LogP contribution in [-0.2, 0) is 15.8 Å². The van der Waals surface area contributed by atoms with Crippen LogP contribution < -0.4 is 10.6 Å². The number of anilines is 1. The third-order valence-corrected chi connectivity index (χ3v) is 4.17. The second kappa shape index (κ2) is 6.93. The van der Waals surface area contributed by atoms with Crippen LogP contribution in [0.5, 0.6) is 0 Å². The number of aromatic nitrogens is 1. The molecule has 2 heterocycles. The van der Waals surface area contributed by atoms with E-state index in [2.05, 4.69) is 15.6 Å². The Kier molecular flexibility index (Phi) is 4.81. The SMILES string of the molecule is O=C1NCC(c2ccc(C(F)(F)F)cn2)[C@H]1C(=O)Nc1cccc(F)c1F.